The van der Waals surface area contributed by atoms with E-state index in [-0.39, 0.29) is 6.61 Å². The molecule has 0 heterocycles. The lowest BCUT2D eigenvalue weighted by Gasteiger charge is -2.05. The van der Waals surface area contributed by atoms with E-state index in [9.17, 15) is 13.2 Å². The Kier molecular flexibility index (Phi) is 4.85. The molecule has 2 aromatic carbocycles. The highest BCUT2D eigenvalue weighted by molar-refractivity contribution is 6.30. The quantitative estimate of drug-likeness (QED) is 0.580. The van der Waals surface area contributed by atoms with Crippen LogP contribution in [0.2, 0.25) is 5.02 Å². The summed E-state index contributed by atoms with van der Waals surface area (Å²) in [7, 11) is 0. The predicted molar refractivity (Wildman–Crippen MR) is 75.3 cm³/mol. The van der Waals surface area contributed by atoms with Crippen LogP contribution in [0, 0.1) is 0 Å². The summed E-state index contributed by atoms with van der Waals surface area (Å²) in [6.07, 6.45) is -2.98. The summed E-state index contributed by atoms with van der Waals surface area (Å²) in [5.74, 6) is 0. The summed E-state index contributed by atoms with van der Waals surface area (Å²) in [5.41, 5.74) is 0.727. The first-order valence-electron chi connectivity index (χ1n) is 6.02. The molecule has 0 bridgehead atoms. The Morgan fingerprint density at radius 2 is 1.62 bits per heavy atom. The maximum absolute atomic E-state index is 12.4. The fraction of sp³-hybridized carbons (Fsp3) is 0.133. The monoisotopic (exact) mass is 313 g/mol. The summed E-state index contributed by atoms with van der Waals surface area (Å²) >= 11 is 5.75. The summed E-state index contributed by atoms with van der Waals surface area (Å²) in [6, 6.07) is 11.7. The lowest BCUT2D eigenvalue weighted by Crippen LogP contribution is -2.04. The van der Waals surface area contributed by atoms with Crippen LogP contribution in [0.5, 0.6) is 0 Å². The molecule has 0 N–H and O–H groups in total. The van der Waals surface area contributed by atoms with Crippen LogP contribution in [0.15, 0.2) is 53.7 Å². The van der Waals surface area contributed by atoms with Gasteiger partial charge in [0.15, 0.2) is 0 Å². The summed E-state index contributed by atoms with van der Waals surface area (Å²) in [6.45, 7) is 0.258. The molecule has 2 aromatic rings. The number of alkyl halides is 3. The molecule has 2 rings (SSSR count). The van der Waals surface area contributed by atoms with Crippen LogP contribution in [0.1, 0.15) is 16.7 Å². The average Bonchev–Trinajstić information content (AvgIpc) is 2.45. The number of rotatable bonds is 4. The number of nitrogens with zero attached hydrogens (tertiary/aromatic N) is 1. The minimum absolute atomic E-state index is 0.258. The molecule has 0 aliphatic carbocycles. The molecule has 0 aromatic heterocycles. The van der Waals surface area contributed by atoms with E-state index in [0.717, 1.165) is 17.7 Å². The second-order valence-corrected chi connectivity index (χ2v) is 4.69. The van der Waals surface area contributed by atoms with E-state index in [1.807, 2.05) is 0 Å². The van der Waals surface area contributed by atoms with Crippen LogP contribution in [0.3, 0.4) is 0 Å². The molecule has 0 saturated carbocycles. The van der Waals surface area contributed by atoms with E-state index in [2.05, 4.69) is 5.16 Å². The minimum Gasteiger partial charge on any atom is -0.391 e. The molecule has 21 heavy (non-hydrogen) atoms. The summed E-state index contributed by atoms with van der Waals surface area (Å²) in [4.78, 5) is 5.07. The number of hydrogen-bond donors (Lipinski definition) is 0. The molecule has 0 saturated heterocycles. The van der Waals surface area contributed by atoms with E-state index in [1.165, 1.54) is 18.3 Å². The van der Waals surface area contributed by atoms with Gasteiger partial charge < -0.3 is 4.84 Å². The Labute approximate surface area is 124 Å². The third-order valence-corrected chi connectivity index (χ3v) is 2.91. The smallest absolute Gasteiger partial charge is 0.391 e. The van der Waals surface area contributed by atoms with Gasteiger partial charge in [-0.3, -0.25) is 0 Å². The molecule has 0 fully saturated rings. The van der Waals surface area contributed by atoms with E-state index in [4.69, 9.17) is 16.4 Å². The predicted octanol–water partition coefficient (Wildman–Crippen LogP) is 4.91. The van der Waals surface area contributed by atoms with Gasteiger partial charge in [-0.15, -0.1) is 0 Å². The molecular formula is C15H11ClF3NO. The van der Waals surface area contributed by atoms with Gasteiger partial charge in [0.1, 0.15) is 6.61 Å². The maximum Gasteiger partial charge on any atom is 0.416 e. The third-order valence-electron chi connectivity index (χ3n) is 2.66. The first kappa shape index (κ1) is 15.4. The van der Waals surface area contributed by atoms with Crippen molar-refractivity contribution < 1.29 is 18.0 Å². The van der Waals surface area contributed by atoms with Crippen molar-refractivity contribution in [2.45, 2.75) is 12.8 Å². The van der Waals surface area contributed by atoms with Crippen molar-refractivity contribution in [2.24, 2.45) is 5.16 Å². The molecule has 0 spiro atoms. The van der Waals surface area contributed by atoms with Gasteiger partial charge in [-0.05, 0) is 35.4 Å². The van der Waals surface area contributed by atoms with Crippen molar-refractivity contribution in [3.8, 4) is 0 Å². The molecule has 6 heteroatoms. The Morgan fingerprint density at radius 1 is 1.00 bits per heavy atom. The fourth-order valence-corrected chi connectivity index (χ4v) is 1.67. The van der Waals surface area contributed by atoms with Crippen molar-refractivity contribution in [3.63, 3.8) is 0 Å². The van der Waals surface area contributed by atoms with E-state index >= 15 is 0 Å². The van der Waals surface area contributed by atoms with Crippen molar-refractivity contribution in [1.82, 2.24) is 0 Å². The molecule has 110 valence electrons. The van der Waals surface area contributed by atoms with Crippen LogP contribution >= 0.6 is 11.6 Å². The lowest BCUT2D eigenvalue weighted by molar-refractivity contribution is -0.137. The number of hydrogen-bond acceptors (Lipinski definition) is 2. The lowest BCUT2D eigenvalue weighted by atomic mass is 10.1. The fourth-order valence-electron chi connectivity index (χ4n) is 1.55. The van der Waals surface area contributed by atoms with Crippen molar-refractivity contribution in [2.75, 3.05) is 0 Å². The van der Waals surface area contributed by atoms with Crippen LogP contribution < -0.4 is 0 Å². The van der Waals surface area contributed by atoms with Gasteiger partial charge in [0, 0.05) is 5.02 Å². The molecule has 0 unspecified atom stereocenters. The van der Waals surface area contributed by atoms with E-state index in [0.29, 0.717) is 10.6 Å². The second kappa shape index (κ2) is 6.63. The first-order valence-corrected chi connectivity index (χ1v) is 6.40. The Morgan fingerprint density at radius 3 is 2.19 bits per heavy atom. The highest BCUT2D eigenvalue weighted by Crippen LogP contribution is 2.28. The molecule has 0 atom stereocenters. The van der Waals surface area contributed by atoms with Gasteiger partial charge in [-0.25, -0.2) is 0 Å². The van der Waals surface area contributed by atoms with Crippen LogP contribution in [-0.4, -0.2) is 6.21 Å². The molecule has 0 aliphatic rings. The number of benzene rings is 2. The van der Waals surface area contributed by atoms with Crippen LogP contribution in [-0.2, 0) is 17.6 Å². The second-order valence-electron chi connectivity index (χ2n) is 4.25. The highest BCUT2D eigenvalue weighted by Gasteiger charge is 2.29. The Balaban J connectivity index is 1.88. The maximum atomic E-state index is 12.4. The normalized spacial score (nSPS) is 11.8. The number of oxime groups is 1. The number of halogens is 4. The third kappa shape index (κ3) is 4.79. The van der Waals surface area contributed by atoms with Gasteiger partial charge in [0.2, 0.25) is 0 Å². The molecule has 0 amide bonds. The average molecular weight is 314 g/mol. The zero-order chi connectivity index (χ0) is 15.3. The van der Waals surface area contributed by atoms with Crippen molar-refractivity contribution in [3.05, 3.63) is 70.2 Å². The van der Waals surface area contributed by atoms with Crippen molar-refractivity contribution >= 4 is 17.8 Å². The van der Waals surface area contributed by atoms with Gasteiger partial charge in [-0.1, -0.05) is 41.0 Å². The largest absolute Gasteiger partial charge is 0.416 e. The van der Waals surface area contributed by atoms with Gasteiger partial charge >= 0.3 is 6.18 Å². The SMILES string of the molecule is FC(F)(F)c1ccc(C=NOCc2ccc(Cl)cc2)cc1. The van der Waals surface area contributed by atoms with Crippen LogP contribution in [0.4, 0.5) is 13.2 Å². The van der Waals surface area contributed by atoms with E-state index < -0.39 is 11.7 Å². The first-order chi connectivity index (χ1) is 9.95. The Hall–Kier alpha value is -2.01. The van der Waals surface area contributed by atoms with E-state index in [1.54, 1.807) is 24.3 Å². The topological polar surface area (TPSA) is 21.6 Å². The minimum atomic E-state index is -4.33. The van der Waals surface area contributed by atoms with Crippen LogP contribution in [0.25, 0.3) is 0 Å². The van der Waals surface area contributed by atoms with Gasteiger partial charge in [0.05, 0.1) is 11.8 Å². The molecule has 0 aliphatic heterocycles. The molecule has 2 nitrogen and oxygen atoms in total. The summed E-state index contributed by atoms with van der Waals surface area (Å²) in [5, 5.41) is 4.34. The zero-order valence-corrected chi connectivity index (χ0v) is 11.5. The summed E-state index contributed by atoms with van der Waals surface area (Å²) < 4.78 is 37.1. The zero-order valence-electron chi connectivity index (χ0n) is 10.8. The van der Waals surface area contributed by atoms with Gasteiger partial charge in [-0.2, -0.15) is 13.2 Å². The highest BCUT2D eigenvalue weighted by atomic mass is 35.5. The van der Waals surface area contributed by atoms with Crippen molar-refractivity contribution in [1.29, 1.82) is 0 Å². The Bertz CT molecular complexity index is 606. The standard InChI is InChI=1S/C15H11ClF3NO/c16-14-7-3-12(4-8-14)10-21-20-9-11-1-5-13(6-2-11)15(17,18)19/h1-9H,10H2. The molecule has 0 radical (unpaired) electrons. The molecular weight excluding hydrogens is 303 g/mol. The van der Waals surface area contributed by atoms with Gasteiger partial charge in [0.25, 0.3) is 0 Å².